The van der Waals surface area contributed by atoms with Gasteiger partial charge in [-0.25, -0.2) is 4.79 Å². The van der Waals surface area contributed by atoms with Gasteiger partial charge in [-0.2, -0.15) is 0 Å². The number of benzene rings is 2. The molecule has 0 spiro atoms. The summed E-state index contributed by atoms with van der Waals surface area (Å²) in [5.74, 6) is -1.72. The fourth-order valence-electron chi connectivity index (χ4n) is 4.46. The summed E-state index contributed by atoms with van der Waals surface area (Å²) in [4.78, 5) is 39.2. The number of hydrogen-bond donors (Lipinski definition) is 2. The SMILES string of the molecule is Cc1c(C(=O)O)cccc1-n1c(C)cc(/C=C2\C(=O)NC(=S)N(c3ccc(C(C)C)cc3)C2=O)c1C. The van der Waals surface area contributed by atoms with E-state index >= 15 is 0 Å². The Morgan fingerprint density at radius 2 is 1.72 bits per heavy atom. The maximum atomic E-state index is 13.5. The molecule has 7 nitrogen and oxygen atoms in total. The minimum atomic E-state index is -0.999. The van der Waals surface area contributed by atoms with Crippen molar-refractivity contribution in [3.63, 3.8) is 0 Å². The van der Waals surface area contributed by atoms with Gasteiger partial charge in [0.05, 0.1) is 11.3 Å². The molecule has 3 aromatic rings. The van der Waals surface area contributed by atoms with E-state index in [1.807, 2.05) is 54.8 Å². The molecule has 2 amide bonds. The smallest absolute Gasteiger partial charge is 0.336 e. The molecular formula is C28H27N3O4S. The zero-order valence-electron chi connectivity index (χ0n) is 20.7. The van der Waals surface area contributed by atoms with E-state index in [-0.39, 0.29) is 16.2 Å². The molecule has 0 saturated carbocycles. The standard InChI is InChI=1S/C28H27N3O4S/c1-15(2)19-9-11-21(12-10-19)31-26(33)23(25(32)29-28(31)36)14-20-13-16(3)30(18(20)5)24-8-6-7-22(17(24)4)27(34)35/h6-15H,1-5H3,(H,34,35)(H,29,32,36)/b23-14+. The number of aromatic nitrogens is 1. The van der Waals surface area contributed by atoms with Gasteiger partial charge in [0.15, 0.2) is 5.11 Å². The zero-order chi connectivity index (χ0) is 26.3. The summed E-state index contributed by atoms with van der Waals surface area (Å²) in [5.41, 5.74) is 5.52. The van der Waals surface area contributed by atoms with Crippen LogP contribution in [0.3, 0.4) is 0 Å². The highest BCUT2D eigenvalue weighted by Crippen LogP contribution is 2.29. The second-order valence-electron chi connectivity index (χ2n) is 9.12. The zero-order valence-corrected chi connectivity index (χ0v) is 21.6. The van der Waals surface area contributed by atoms with Gasteiger partial charge in [0.25, 0.3) is 11.8 Å². The molecule has 1 fully saturated rings. The van der Waals surface area contributed by atoms with Crippen molar-refractivity contribution in [2.24, 2.45) is 0 Å². The number of carboxylic acid groups (broad SMARTS) is 1. The summed E-state index contributed by atoms with van der Waals surface area (Å²) in [6.07, 6.45) is 1.56. The van der Waals surface area contributed by atoms with E-state index in [0.29, 0.717) is 22.7 Å². The van der Waals surface area contributed by atoms with Crippen molar-refractivity contribution in [3.05, 3.63) is 87.7 Å². The molecule has 184 valence electrons. The van der Waals surface area contributed by atoms with Gasteiger partial charge in [-0.1, -0.05) is 32.0 Å². The van der Waals surface area contributed by atoms with Gasteiger partial charge in [0.2, 0.25) is 0 Å². The van der Waals surface area contributed by atoms with Crippen LogP contribution in [-0.2, 0) is 9.59 Å². The maximum Gasteiger partial charge on any atom is 0.336 e. The average molecular weight is 502 g/mol. The quantitative estimate of drug-likeness (QED) is 0.290. The van der Waals surface area contributed by atoms with Crippen molar-refractivity contribution in [2.45, 2.75) is 40.5 Å². The van der Waals surface area contributed by atoms with E-state index in [9.17, 15) is 19.5 Å². The predicted octanol–water partition coefficient (Wildman–Crippen LogP) is 5.06. The molecule has 0 unspecified atom stereocenters. The van der Waals surface area contributed by atoms with E-state index in [0.717, 1.165) is 22.6 Å². The number of carbonyl (C=O) groups is 3. The number of anilines is 1. The summed E-state index contributed by atoms with van der Waals surface area (Å²) in [7, 11) is 0. The summed E-state index contributed by atoms with van der Waals surface area (Å²) >= 11 is 5.32. The van der Waals surface area contributed by atoms with Crippen LogP contribution in [0.1, 0.15) is 58.2 Å². The van der Waals surface area contributed by atoms with Crippen LogP contribution >= 0.6 is 12.2 Å². The van der Waals surface area contributed by atoms with E-state index in [1.54, 1.807) is 25.1 Å². The molecule has 2 N–H and O–H groups in total. The van der Waals surface area contributed by atoms with Gasteiger partial charge in [-0.3, -0.25) is 19.8 Å². The van der Waals surface area contributed by atoms with Crippen LogP contribution in [0, 0.1) is 20.8 Å². The van der Waals surface area contributed by atoms with Crippen LogP contribution < -0.4 is 10.2 Å². The van der Waals surface area contributed by atoms with Crippen LogP contribution in [0.2, 0.25) is 0 Å². The Morgan fingerprint density at radius 1 is 1.06 bits per heavy atom. The molecule has 4 rings (SSSR count). The third kappa shape index (κ3) is 4.35. The number of hydrogen-bond acceptors (Lipinski definition) is 4. The van der Waals surface area contributed by atoms with Gasteiger partial charge in [-0.15, -0.1) is 0 Å². The summed E-state index contributed by atoms with van der Waals surface area (Å²) in [6, 6.07) is 14.5. The highest BCUT2D eigenvalue weighted by Gasteiger charge is 2.34. The molecule has 1 saturated heterocycles. The molecule has 1 aliphatic rings. The van der Waals surface area contributed by atoms with Crippen LogP contribution in [0.5, 0.6) is 0 Å². The van der Waals surface area contributed by atoms with Crippen molar-refractivity contribution < 1.29 is 19.5 Å². The Labute approximate surface area is 215 Å². The number of carboxylic acids is 1. The predicted molar refractivity (Wildman–Crippen MR) is 144 cm³/mol. The molecule has 36 heavy (non-hydrogen) atoms. The lowest BCUT2D eigenvalue weighted by atomic mass is 10.0. The second-order valence-corrected chi connectivity index (χ2v) is 9.51. The average Bonchev–Trinajstić information content (AvgIpc) is 3.09. The molecule has 2 aromatic carbocycles. The monoisotopic (exact) mass is 501 g/mol. The number of aromatic carboxylic acids is 1. The molecule has 0 aliphatic carbocycles. The minimum absolute atomic E-state index is 0.0334. The fourth-order valence-corrected chi connectivity index (χ4v) is 4.74. The third-order valence-electron chi connectivity index (χ3n) is 6.47. The summed E-state index contributed by atoms with van der Waals surface area (Å²) in [5, 5.41) is 12.2. The summed E-state index contributed by atoms with van der Waals surface area (Å²) in [6.45, 7) is 9.69. The van der Waals surface area contributed by atoms with E-state index in [2.05, 4.69) is 19.2 Å². The van der Waals surface area contributed by atoms with Gasteiger partial charge in [-0.05, 0) is 92.0 Å². The van der Waals surface area contributed by atoms with Crippen molar-refractivity contribution in [2.75, 3.05) is 4.90 Å². The Kier molecular flexibility index (Phi) is 6.65. The van der Waals surface area contributed by atoms with Crippen LogP contribution in [-0.4, -0.2) is 32.6 Å². The van der Waals surface area contributed by atoms with Crippen molar-refractivity contribution >= 4 is 46.9 Å². The molecule has 1 aliphatic heterocycles. The number of rotatable bonds is 5. The van der Waals surface area contributed by atoms with E-state index in [4.69, 9.17) is 12.2 Å². The first-order chi connectivity index (χ1) is 17.0. The Morgan fingerprint density at radius 3 is 2.33 bits per heavy atom. The lowest BCUT2D eigenvalue weighted by molar-refractivity contribution is -0.122. The molecule has 0 radical (unpaired) electrons. The van der Waals surface area contributed by atoms with Crippen LogP contribution in [0.25, 0.3) is 11.8 Å². The molecular weight excluding hydrogens is 474 g/mol. The lowest BCUT2D eigenvalue weighted by Gasteiger charge is -2.29. The number of thiocarbonyl (C=S) groups is 1. The second kappa shape index (κ2) is 9.54. The van der Waals surface area contributed by atoms with E-state index in [1.165, 1.54) is 4.90 Å². The van der Waals surface area contributed by atoms with Gasteiger partial charge >= 0.3 is 5.97 Å². The molecule has 0 atom stereocenters. The van der Waals surface area contributed by atoms with Crippen molar-refractivity contribution in [1.82, 2.24) is 9.88 Å². The molecule has 8 heteroatoms. The van der Waals surface area contributed by atoms with Crippen molar-refractivity contribution in [1.29, 1.82) is 0 Å². The first-order valence-corrected chi connectivity index (χ1v) is 12.0. The Bertz CT molecular complexity index is 1450. The van der Waals surface area contributed by atoms with Crippen molar-refractivity contribution in [3.8, 4) is 5.69 Å². The lowest BCUT2D eigenvalue weighted by Crippen LogP contribution is -2.54. The molecule has 0 bridgehead atoms. The topological polar surface area (TPSA) is 91.6 Å². The first-order valence-electron chi connectivity index (χ1n) is 11.5. The largest absolute Gasteiger partial charge is 0.478 e. The number of carbonyl (C=O) groups excluding carboxylic acids is 2. The first kappa shape index (κ1) is 25.1. The number of nitrogens with one attached hydrogen (secondary N) is 1. The van der Waals surface area contributed by atoms with Crippen LogP contribution in [0.15, 0.2) is 54.1 Å². The maximum absolute atomic E-state index is 13.5. The highest BCUT2D eigenvalue weighted by atomic mass is 32.1. The minimum Gasteiger partial charge on any atom is -0.478 e. The molecule has 1 aromatic heterocycles. The Hall–Kier alpha value is -4.04. The van der Waals surface area contributed by atoms with E-state index < -0.39 is 17.8 Å². The normalized spacial score (nSPS) is 15.1. The van der Waals surface area contributed by atoms with Gasteiger partial charge in [0, 0.05) is 17.1 Å². The van der Waals surface area contributed by atoms with Gasteiger partial charge in [0.1, 0.15) is 5.57 Å². The number of amides is 2. The number of nitrogens with zero attached hydrogens (tertiary/aromatic N) is 2. The van der Waals surface area contributed by atoms with Gasteiger partial charge < -0.3 is 9.67 Å². The Balaban J connectivity index is 1.76. The molecule has 2 heterocycles. The van der Waals surface area contributed by atoms with Crippen LogP contribution in [0.4, 0.5) is 5.69 Å². The third-order valence-corrected chi connectivity index (χ3v) is 6.75. The highest BCUT2D eigenvalue weighted by molar-refractivity contribution is 7.80. The summed E-state index contributed by atoms with van der Waals surface area (Å²) < 4.78 is 1.92. The fraction of sp³-hybridized carbons (Fsp3) is 0.214. The number of aryl methyl sites for hydroxylation is 1.